The van der Waals surface area contributed by atoms with Crippen LogP contribution in [0, 0.1) is 12.7 Å². The fourth-order valence-electron chi connectivity index (χ4n) is 3.61. The summed E-state index contributed by atoms with van der Waals surface area (Å²) in [5, 5.41) is 7.83. The lowest BCUT2D eigenvalue weighted by Gasteiger charge is -2.29. The van der Waals surface area contributed by atoms with Gasteiger partial charge in [0.05, 0.1) is 11.3 Å². The van der Waals surface area contributed by atoms with E-state index in [4.69, 9.17) is 0 Å². The fourth-order valence-corrected chi connectivity index (χ4v) is 3.61. The van der Waals surface area contributed by atoms with Crippen molar-refractivity contribution >= 4 is 5.91 Å². The average molecular weight is 392 g/mol. The molecule has 3 aromatic rings. The highest BCUT2D eigenvalue weighted by molar-refractivity contribution is 6.00. The van der Waals surface area contributed by atoms with Crippen molar-refractivity contribution in [1.82, 2.24) is 20.0 Å². The topological polar surface area (TPSA) is 50.2 Å². The Balaban J connectivity index is 1.67. The monoisotopic (exact) mass is 392 g/mol. The summed E-state index contributed by atoms with van der Waals surface area (Å²) in [6.07, 6.45) is 3.61. The number of carbonyl (C=O) groups is 1. The van der Waals surface area contributed by atoms with Gasteiger partial charge in [0, 0.05) is 17.8 Å². The molecule has 6 heteroatoms. The molecule has 2 heterocycles. The number of nitrogens with zero attached hydrogens (tertiary/aromatic N) is 3. The molecule has 1 aromatic heterocycles. The van der Waals surface area contributed by atoms with E-state index in [2.05, 4.69) is 22.4 Å². The van der Waals surface area contributed by atoms with Gasteiger partial charge in [0.15, 0.2) is 0 Å². The number of likely N-dealkylation sites (tertiary alicyclic amines) is 1. The van der Waals surface area contributed by atoms with E-state index >= 15 is 0 Å². The van der Waals surface area contributed by atoms with Crippen LogP contribution < -0.4 is 5.32 Å². The van der Waals surface area contributed by atoms with E-state index in [1.165, 1.54) is 12.1 Å². The minimum Gasteiger partial charge on any atom is -0.349 e. The summed E-state index contributed by atoms with van der Waals surface area (Å²) >= 11 is 0. The second-order valence-electron chi connectivity index (χ2n) is 7.73. The quantitative estimate of drug-likeness (QED) is 0.735. The number of benzene rings is 2. The Morgan fingerprint density at radius 3 is 2.38 bits per heavy atom. The molecule has 0 unspecified atom stereocenters. The number of aromatic nitrogens is 2. The first-order valence-corrected chi connectivity index (χ1v) is 9.91. The lowest BCUT2D eigenvalue weighted by Crippen LogP contribution is -2.43. The molecule has 4 rings (SSSR count). The summed E-state index contributed by atoms with van der Waals surface area (Å²) in [6, 6.07) is 14.2. The van der Waals surface area contributed by atoms with Crippen LogP contribution in [0.5, 0.6) is 0 Å². The second kappa shape index (κ2) is 8.17. The molecule has 1 amide bonds. The smallest absolute Gasteiger partial charge is 0.255 e. The van der Waals surface area contributed by atoms with Crippen molar-refractivity contribution in [2.24, 2.45) is 0 Å². The summed E-state index contributed by atoms with van der Waals surface area (Å²) in [6.45, 7) is 3.98. The molecule has 0 radical (unpaired) electrons. The van der Waals surface area contributed by atoms with Crippen LogP contribution in [0.4, 0.5) is 4.39 Å². The van der Waals surface area contributed by atoms with Crippen LogP contribution in [0.3, 0.4) is 0 Å². The van der Waals surface area contributed by atoms with Crippen molar-refractivity contribution in [3.63, 3.8) is 0 Å². The third-order valence-corrected chi connectivity index (χ3v) is 5.43. The normalized spacial score (nSPS) is 15.4. The fraction of sp³-hybridized carbons (Fsp3) is 0.304. The van der Waals surface area contributed by atoms with E-state index < -0.39 is 0 Å². The number of amides is 1. The average Bonchev–Trinajstić information content (AvgIpc) is 3.16. The molecule has 0 aliphatic carbocycles. The van der Waals surface area contributed by atoms with E-state index in [1.807, 2.05) is 31.2 Å². The molecule has 29 heavy (non-hydrogen) atoms. The Kier molecular flexibility index (Phi) is 5.45. The maximum atomic E-state index is 13.3. The van der Waals surface area contributed by atoms with E-state index in [1.54, 1.807) is 23.0 Å². The maximum Gasteiger partial charge on any atom is 0.255 e. The highest BCUT2D eigenvalue weighted by Gasteiger charge is 2.23. The zero-order valence-electron chi connectivity index (χ0n) is 16.7. The molecule has 5 nitrogen and oxygen atoms in total. The molecule has 0 spiro atoms. The third-order valence-electron chi connectivity index (χ3n) is 5.43. The van der Waals surface area contributed by atoms with Gasteiger partial charge in [0.1, 0.15) is 11.5 Å². The number of halogens is 1. The molecule has 1 aliphatic heterocycles. The van der Waals surface area contributed by atoms with Gasteiger partial charge in [-0.25, -0.2) is 9.07 Å². The van der Waals surface area contributed by atoms with Crippen molar-refractivity contribution in [3.8, 4) is 16.9 Å². The van der Waals surface area contributed by atoms with Gasteiger partial charge in [-0.15, -0.1) is 0 Å². The molecule has 0 saturated carbocycles. The van der Waals surface area contributed by atoms with Crippen LogP contribution in [0.2, 0.25) is 0 Å². The van der Waals surface area contributed by atoms with E-state index in [-0.39, 0.29) is 17.8 Å². The predicted octanol–water partition coefficient (Wildman–Crippen LogP) is 3.81. The lowest BCUT2D eigenvalue weighted by molar-refractivity contribution is 0.0917. The van der Waals surface area contributed by atoms with Gasteiger partial charge in [-0.1, -0.05) is 29.8 Å². The van der Waals surface area contributed by atoms with Crippen molar-refractivity contribution < 1.29 is 9.18 Å². The van der Waals surface area contributed by atoms with Crippen LogP contribution in [0.1, 0.15) is 28.8 Å². The van der Waals surface area contributed by atoms with Gasteiger partial charge in [0.2, 0.25) is 0 Å². The summed E-state index contributed by atoms with van der Waals surface area (Å²) < 4.78 is 14.9. The minimum absolute atomic E-state index is 0.122. The molecule has 2 aromatic carbocycles. The molecule has 150 valence electrons. The van der Waals surface area contributed by atoms with Gasteiger partial charge < -0.3 is 10.2 Å². The molecular formula is C23H25FN4O. The summed E-state index contributed by atoms with van der Waals surface area (Å²) in [4.78, 5) is 15.4. The van der Waals surface area contributed by atoms with Crippen LogP contribution >= 0.6 is 0 Å². The van der Waals surface area contributed by atoms with E-state index in [0.29, 0.717) is 16.9 Å². The molecule has 0 atom stereocenters. The summed E-state index contributed by atoms with van der Waals surface area (Å²) in [5.41, 5.74) is 3.88. The molecule has 1 fully saturated rings. The minimum atomic E-state index is -0.306. The third kappa shape index (κ3) is 4.38. The first-order chi connectivity index (χ1) is 14.0. The van der Waals surface area contributed by atoms with Crippen molar-refractivity contribution in [2.45, 2.75) is 25.8 Å². The van der Waals surface area contributed by atoms with Crippen LogP contribution in [-0.4, -0.2) is 46.8 Å². The SMILES string of the molecule is Cc1ccc(-c2nn(-c3ccc(F)cc3)cc2C(=O)NC2CCN(C)CC2)cc1. The lowest BCUT2D eigenvalue weighted by atomic mass is 10.0. The van der Waals surface area contributed by atoms with Crippen LogP contribution in [0.15, 0.2) is 54.7 Å². The number of carbonyl (C=O) groups excluding carboxylic acids is 1. The zero-order chi connectivity index (χ0) is 20.4. The molecule has 0 bridgehead atoms. The number of piperidine rings is 1. The molecule has 1 aliphatic rings. The highest BCUT2D eigenvalue weighted by atomic mass is 19.1. The number of hydrogen-bond acceptors (Lipinski definition) is 3. The molecule has 1 N–H and O–H groups in total. The summed E-state index contributed by atoms with van der Waals surface area (Å²) in [7, 11) is 2.10. The van der Waals surface area contributed by atoms with Gasteiger partial charge in [0.25, 0.3) is 5.91 Å². The standard InChI is InChI=1S/C23H25FN4O/c1-16-3-5-17(6-4-16)22-21(23(29)25-19-11-13-27(2)14-12-19)15-28(26-22)20-9-7-18(24)8-10-20/h3-10,15,19H,11-14H2,1-2H3,(H,25,29). The van der Waals surface area contributed by atoms with Gasteiger partial charge in [-0.05, 0) is 64.2 Å². The Morgan fingerprint density at radius 1 is 1.07 bits per heavy atom. The van der Waals surface area contributed by atoms with Crippen molar-refractivity contribution in [3.05, 3.63) is 71.7 Å². The first kappa shape index (κ1) is 19.3. The van der Waals surface area contributed by atoms with Crippen LogP contribution in [0.25, 0.3) is 16.9 Å². The number of rotatable bonds is 4. The van der Waals surface area contributed by atoms with Crippen LogP contribution in [-0.2, 0) is 0 Å². The zero-order valence-corrected chi connectivity index (χ0v) is 16.7. The summed E-state index contributed by atoms with van der Waals surface area (Å²) in [5.74, 6) is -0.427. The number of aryl methyl sites for hydroxylation is 1. The number of hydrogen-bond donors (Lipinski definition) is 1. The Morgan fingerprint density at radius 2 is 1.72 bits per heavy atom. The Bertz CT molecular complexity index is 987. The molecular weight excluding hydrogens is 367 g/mol. The highest BCUT2D eigenvalue weighted by Crippen LogP contribution is 2.25. The van der Waals surface area contributed by atoms with Gasteiger partial charge in [-0.2, -0.15) is 5.10 Å². The number of nitrogens with one attached hydrogen (secondary N) is 1. The molecule has 1 saturated heterocycles. The van der Waals surface area contributed by atoms with E-state index in [0.717, 1.165) is 37.1 Å². The largest absolute Gasteiger partial charge is 0.349 e. The van der Waals surface area contributed by atoms with Gasteiger partial charge >= 0.3 is 0 Å². The van der Waals surface area contributed by atoms with E-state index in [9.17, 15) is 9.18 Å². The maximum absolute atomic E-state index is 13.3. The first-order valence-electron chi connectivity index (χ1n) is 9.91. The van der Waals surface area contributed by atoms with Gasteiger partial charge in [-0.3, -0.25) is 4.79 Å². The van der Waals surface area contributed by atoms with Crippen molar-refractivity contribution in [1.29, 1.82) is 0 Å². The Hall–Kier alpha value is -2.99. The second-order valence-corrected chi connectivity index (χ2v) is 7.73. The predicted molar refractivity (Wildman–Crippen MR) is 112 cm³/mol. The van der Waals surface area contributed by atoms with Crippen molar-refractivity contribution in [2.75, 3.05) is 20.1 Å². The Labute approximate surface area is 170 Å².